The molecule has 3 nitrogen and oxygen atoms in total. The molecule has 18 heavy (non-hydrogen) atoms. The van der Waals surface area contributed by atoms with Crippen molar-refractivity contribution in [3.8, 4) is 11.3 Å². The SMILES string of the molecule is Fc1ccc(-c2ccc3nc(Cl)ncc3n2)cc1. The van der Waals surface area contributed by atoms with E-state index in [0.29, 0.717) is 11.0 Å². The van der Waals surface area contributed by atoms with E-state index in [9.17, 15) is 4.39 Å². The van der Waals surface area contributed by atoms with Crippen molar-refractivity contribution in [2.45, 2.75) is 0 Å². The summed E-state index contributed by atoms with van der Waals surface area (Å²) in [6.45, 7) is 0. The van der Waals surface area contributed by atoms with Gasteiger partial charge in [-0.05, 0) is 48.0 Å². The zero-order valence-corrected chi connectivity index (χ0v) is 9.89. The second-order valence-electron chi connectivity index (χ2n) is 3.75. The summed E-state index contributed by atoms with van der Waals surface area (Å²) in [6, 6.07) is 9.80. The fourth-order valence-corrected chi connectivity index (χ4v) is 1.82. The Morgan fingerprint density at radius 2 is 1.67 bits per heavy atom. The average molecular weight is 260 g/mol. The van der Waals surface area contributed by atoms with E-state index in [4.69, 9.17) is 11.6 Å². The van der Waals surface area contributed by atoms with Crippen molar-refractivity contribution < 1.29 is 4.39 Å². The molecule has 88 valence electrons. The molecule has 0 unspecified atom stereocenters. The van der Waals surface area contributed by atoms with Gasteiger partial charge in [0.25, 0.3) is 0 Å². The first kappa shape index (κ1) is 11.0. The van der Waals surface area contributed by atoms with Crippen molar-refractivity contribution >= 4 is 22.6 Å². The molecule has 0 saturated heterocycles. The molecule has 0 fully saturated rings. The van der Waals surface area contributed by atoms with Gasteiger partial charge in [0.05, 0.1) is 17.4 Å². The molecule has 1 aromatic carbocycles. The summed E-state index contributed by atoms with van der Waals surface area (Å²) < 4.78 is 12.8. The summed E-state index contributed by atoms with van der Waals surface area (Å²) in [5.41, 5.74) is 2.92. The minimum absolute atomic E-state index is 0.193. The van der Waals surface area contributed by atoms with Crippen molar-refractivity contribution in [3.05, 3.63) is 53.7 Å². The number of aromatic nitrogens is 3. The molecule has 3 rings (SSSR count). The molecule has 2 heterocycles. The van der Waals surface area contributed by atoms with Crippen LogP contribution in [0.15, 0.2) is 42.6 Å². The van der Waals surface area contributed by atoms with E-state index in [1.54, 1.807) is 18.3 Å². The predicted octanol–water partition coefficient (Wildman–Crippen LogP) is 3.48. The molecule has 0 aliphatic rings. The fraction of sp³-hybridized carbons (Fsp3) is 0. The van der Waals surface area contributed by atoms with Crippen LogP contribution in [0.5, 0.6) is 0 Å². The van der Waals surface area contributed by atoms with Gasteiger partial charge < -0.3 is 0 Å². The van der Waals surface area contributed by atoms with Crippen LogP contribution in [-0.2, 0) is 0 Å². The third-order valence-electron chi connectivity index (χ3n) is 2.55. The number of hydrogen-bond acceptors (Lipinski definition) is 3. The lowest BCUT2D eigenvalue weighted by Crippen LogP contribution is -1.89. The molecular formula is C13H7ClFN3. The van der Waals surface area contributed by atoms with E-state index in [1.165, 1.54) is 12.1 Å². The number of fused-ring (bicyclic) bond motifs is 1. The first-order valence-corrected chi connectivity index (χ1v) is 5.65. The lowest BCUT2D eigenvalue weighted by Gasteiger charge is -2.02. The molecule has 0 amide bonds. The van der Waals surface area contributed by atoms with Crippen LogP contribution in [0.2, 0.25) is 5.28 Å². The van der Waals surface area contributed by atoms with Gasteiger partial charge in [-0.3, -0.25) is 0 Å². The number of nitrogens with zero attached hydrogens (tertiary/aromatic N) is 3. The largest absolute Gasteiger partial charge is 0.245 e. The summed E-state index contributed by atoms with van der Waals surface area (Å²) >= 11 is 5.70. The third-order valence-corrected chi connectivity index (χ3v) is 2.73. The van der Waals surface area contributed by atoms with E-state index in [0.717, 1.165) is 11.3 Å². The second kappa shape index (κ2) is 4.31. The van der Waals surface area contributed by atoms with Gasteiger partial charge in [-0.25, -0.2) is 19.3 Å². The van der Waals surface area contributed by atoms with Crippen molar-refractivity contribution in [2.75, 3.05) is 0 Å². The van der Waals surface area contributed by atoms with Gasteiger partial charge in [-0.1, -0.05) is 0 Å². The molecule has 0 aliphatic carbocycles. The Hall–Kier alpha value is -2.07. The maximum Gasteiger partial charge on any atom is 0.223 e. The standard InChI is InChI=1S/C13H7ClFN3/c14-13-16-7-12-11(18-13)6-5-10(17-12)8-1-3-9(15)4-2-8/h1-7H. The van der Waals surface area contributed by atoms with Crippen LogP contribution in [0.1, 0.15) is 0 Å². The fourth-order valence-electron chi connectivity index (χ4n) is 1.68. The molecule has 0 N–H and O–H groups in total. The quantitative estimate of drug-likeness (QED) is 0.628. The Balaban J connectivity index is 2.13. The van der Waals surface area contributed by atoms with Crippen molar-refractivity contribution in [1.82, 2.24) is 15.0 Å². The van der Waals surface area contributed by atoms with Gasteiger partial charge >= 0.3 is 0 Å². The highest BCUT2D eigenvalue weighted by atomic mass is 35.5. The van der Waals surface area contributed by atoms with Crippen molar-refractivity contribution in [2.24, 2.45) is 0 Å². The van der Waals surface area contributed by atoms with Crippen LogP contribution in [0.4, 0.5) is 4.39 Å². The molecule has 2 aromatic heterocycles. The highest BCUT2D eigenvalue weighted by molar-refractivity contribution is 6.28. The summed E-state index contributed by atoms with van der Waals surface area (Å²) in [7, 11) is 0. The van der Waals surface area contributed by atoms with Crippen molar-refractivity contribution in [3.63, 3.8) is 0 Å². The van der Waals surface area contributed by atoms with Gasteiger partial charge in [0, 0.05) is 5.56 Å². The molecule has 0 aliphatic heterocycles. The predicted molar refractivity (Wildman–Crippen MR) is 67.7 cm³/mol. The molecule has 3 aromatic rings. The van der Waals surface area contributed by atoms with E-state index in [-0.39, 0.29) is 11.1 Å². The first-order chi connectivity index (χ1) is 8.72. The lowest BCUT2D eigenvalue weighted by atomic mass is 10.1. The van der Waals surface area contributed by atoms with Gasteiger partial charge in [0.15, 0.2) is 0 Å². The van der Waals surface area contributed by atoms with E-state index in [1.807, 2.05) is 12.1 Å². The van der Waals surface area contributed by atoms with E-state index >= 15 is 0 Å². The van der Waals surface area contributed by atoms with Crippen LogP contribution in [0.25, 0.3) is 22.3 Å². The summed E-state index contributed by atoms with van der Waals surface area (Å²) in [4.78, 5) is 12.4. The van der Waals surface area contributed by atoms with Crippen LogP contribution in [-0.4, -0.2) is 15.0 Å². The zero-order valence-electron chi connectivity index (χ0n) is 9.14. The summed E-state index contributed by atoms with van der Waals surface area (Å²) in [5, 5.41) is 0.193. The minimum Gasteiger partial charge on any atom is -0.245 e. The maximum absolute atomic E-state index is 12.8. The molecular weight excluding hydrogens is 253 g/mol. The lowest BCUT2D eigenvalue weighted by molar-refractivity contribution is 0.628. The second-order valence-corrected chi connectivity index (χ2v) is 4.08. The first-order valence-electron chi connectivity index (χ1n) is 5.27. The van der Waals surface area contributed by atoms with Gasteiger partial charge in [0.2, 0.25) is 5.28 Å². The highest BCUT2D eigenvalue weighted by Gasteiger charge is 2.03. The van der Waals surface area contributed by atoms with Crippen LogP contribution in [0, 0.1) is 5.82 Å². The molecule has 0 radical (unpaired) electrons. The number of pyridine rings is 1. The molecule has 0 saturated carbocycles. The Labute approximate surface area is 107 Å². The maximum atomic E-state index is 12.8. The van der Waals surface area contributed by atoms with Gasteiger partial charge in [-0.15, -0.1) is 0 Å². The third kappa shape index (κ3) is 2.02. The molecule has 0 bridgehead atoms. The van der Waals surface area contributed by atoms with Crippen molar-refractivity contribution in [1.29, 1.82) is 0 Å². The summed E-state index contributed by atoms with van der Waals surface area (Å²) in [6.07, 6.45) is 1.57. The Morgan fingerprint density at radius 3 is 2.44 bits per heavy atom. The number of benzene rings is 1. The van der Waals surface area contributed by atoms with Crippen LogP contribution in [0.3, 0.4) is 0 Å². The van der Waals surface area contributed by atoms with Gasteiger partial charge in [0.1, 0.15) is 11.3 Å². The summed E-state index contributed by atoms with van der Waals surface area (Å²) in [5.74, 6) is -0.269. The average Bonchev–Trinajstić information content (AvgIpc) is 2.39. The zero-order chi connectivity index (χ0) is 12.5. The Kier molecular flexibility index (Phi) is 2.64. The topological polar surface area (TPSA) is 38.7 Å². The monoisotopic (exact) mass is 259 g/mol. The molecule has 0 atom stereocenters. The number of rotatable bonds is 1. The van der Waals surface area contributed by atoms with E-state index in [2.05, 4.69) is 15.0 Å². The normalized spacial score (nSPS) is 10.8. The number of hydrogen-bond donors (Lipinski definition) is 0. The van der Waals surface area contributed by atoms with Crippen LogP contribution < -0.4 is 0 Å². The minimum atomic E-state index is -0.269. The number of halogens is 2. The van der Waals surface area contributed by atoms with Crippen LogP contribution >= 0.6 is 11.6 Å². The van der Waals surface area contributed by atoms with Gasteiger partial charge in [-0.2, -0.15) is 0 Å². The Bertz CT molecular complexity index is 713. The smallest absolute Gasteiger partial charge is 0.223 e. The van der Waals surface area contributed by atoms with E-state index < -0.39 is 0 Å². The Morgan fingerprint density at radius 1 is 0.889 bits per heavy atom. The molecule has 0 spiro atoms. The highest BCUT2D eigenvalue weighted by Crippen LogP contribution is 2.20. The molecule has 5 heteroatoms.